The van der Waals surface area contributed by atoms with Crippen LogP contribution in [-0.4, -0.2) is 207 Å². The maximum absolute atomic E-state index is 14.2. The van der Waals surface area contributed by atoms with Gasteiger partial charge in [-0.05, 0) is 72.0 Å². The lowest BCUT2D eigenvalue weighted by Gasteiger charge is -2.28. The van der Waals surface area contributed by atoms with Crippen molar-refractivity contribution in [3.63, 3.8) is 0 Å². The van der Waals surface area contributed by atoms with Crippen molar-refractivity contribution in [1.82, 2.24) is 47.9 Å². The Labute approximate surface area is 498 Å². The lowest BCUT2D eigenvalue weighted by atomic mass is 10.0. The van der Waals surface area contributed by atoms with Crippen LogP contribution < -0.4 is 65.1 Å². The van der Waals surface area contributed by atoms with Crippen molar-refractivity contribution in [2.45, 2.75) is 216 Å². The molecule has 31 nitrogen and oxygen atoms in total. The van der Waals surface area contributed by atoms with Gasteiger partial charge >= 0.3 is 17.9 Å². The molecule has 1 fully saturated rings. The van der Waals surface area contributed by atoms with Gasteiger partial charge in [0.05, 0.1) is 37.0 Å². The molecule has 9 amide bonds. The van der Waals surface area contributed by atoms with E-state index in [0.29, 0.717) is 12.8 Å². The van der Waals surface area contributed by atoms with Gasteiger partial charge in [-0.3, -0.25) is 47.9 Å². The second kappa shape index (κ2) is 42.2. The van der Waals surface area contributed by atoms with Crippen LogP contribution in [0.1, 0.15) is 143 Å². The van der Waals surface area contributed by atoms with Crippen LogP contribution in [0.5, 0.6) is 0 Å². The summed E-state index contributed by atoms with van der Waals surface area (Å²) < 4.78 is 5.28. The van der Waals surface area contributed by atoms with Crippen molar-refractivity contribution >= 4 is 82.7 Å². The van der Waals surface area contributed by atoms with E-state index >= 15 is 0 Å². The highest BCUT2D eigenvalue weighted by Gasteiger charge is 2.41. The first kappa shape index (κ1) is 76.4. The van der Waals surface area contributed by atoms with E-state index in [9.17, 15) is 88.2 Å². The van der Waals surface area contributed by atoms with E-state index in [-0.39, 0.29) is 45.3 Å². The van der Waals surface area contributed by atoms with Gasteiger partial charge in [-0.1, -0.05) is 83.6 Å². The minimum absolute atomic E-state index is 0.123. The predicted molar refractivity (Wildman–Crippen MR) is 305 cm³/mol. The summed E-state index contributed by atoms with van der Waals surface area (Å²) in [4.78, 5) is 163. The van der Waals surface area contributed by atoms with Crippen LogP contribution in [0.2, 0.25) is 0 Å². The summed E-state index contributed by atoms with van der Waals surface area (Å²) in [6, 6.07) is -15.8. The molecule has 1 rings (SSSR count). The van der Waals surface area contributed by atoms with Gasteiger partial charge in [0.2, 0.25) is 47.3 Å². The van der Waals surface area contributed by atoms with E-state index in [0.717, 1.165) is 57.9 Å². The molecule has 0 aromatic heterocycles. The van der Waals surface area contributed by atoms with Crippen LogP contribution in [0.25, 0.3) is 0 Å². The molecule has 0 saturated carbocycles. The van der Waals surface area contributed by atoms with Crippen molar-refractivity contribution in [3.8, 4) is 0 Å². The van der Waals surface area contributed by atoms with Crippen molar-refractivity contribution in [3.05, 3.63) is 11.8 Å². The molecule has 12 atom stereocenters. The molecule has 1 saturated heterocycles. The second-order valence-corrected chi connectivity index (χ2v) is 20.9. The maximum atomic E-state index is 14.2. The number of aliphatic carboxylic acids is 2. The number of aliphatic hydroxyl groups is 4. The third kappa shape index (κ3) is 29.4. The average Bonchev–Trinajstić information content (AvgIpc) is 3.65. The summed E-state index contributed by atoms with van der Waals surface area (Å²) in [5, 5.41) is 82.3. The number of alkyl halides is 1. The Hall–Kier alpha value is -6.61. The Morgan fingerprint density at radius 2 is 1.11 bits per heavy atom. The number of halogens is 1. The van der Waals surface area contributed by atoms with E-state index in [1.165, 1.54) is 26.2 Å². The fraction of sp³-hybridized carbons (Fsp3) is 0.736. The largest absolute Gasteiger partial charge is 0.481 e. The molecule has 21 N–H and O–H groups in total. The number of rotatable bonds is 30. The quantitative estimate of drug-likeness (QED) is 0.0140. The lowest BCUT2D eigenvalue weighted by molar-refractivity contribution is -0.155. The highest BCUT2D eigenvalue weighted by Crippen LogP contribution is 2.15. The summed E-state index contributed by atoms with van der Waals surface area (Å²) in [7, 11) is 0. The minimum Gasteiger partial charge on any atom is -0.481 e. The fourth-order valence-corrected chi connectivity index (χ4v) is 8.76. The standard InChI is InChI=1S/C53H91ClN12O19/c1-4-6-7-8-9-10-11-12-13-14-15-18-30(68)25-38(70)58-36-28-85-53(84)41(37(69)27-54)65-51(81)42(43(73)52(82)83)66-44(74)31(5-2)59-50(80)40(29(3)67)64-47(77)34(21-24-57)61-45(75)32(19-16-17-22-55)60-48(78)35(26-39(71)72)63-46(76)33(20-23-56)62-49(36)79/h5,29-30,32-37,40-43,67-69,73H,4,6-28,55-57H2,1-3H3,(H,58,70)(H,59,80)(H,60,78)(H,61,75)(H,62,79)(H,63,76)(H,64,77)(H,65,81)(H,66,74)(H,71,72)(H,82,83)/b31-5-/t29-,30+,32-,33+,34-,35-,36-,37+,40-,41-,42-,43-/m0/s1. The number of esters is 1. The van der Waals surface area contributed by atoms with Crippen molar-refractivity contribution in [2.75, 3.05) is 32.1 Å². The molecule has 32 heteroatoms. The Bertz CT molecular complexity index is 2230. The van der Waals surface area contributed by atoms with Crippen LogP contribution >= 0.6 is 11.6 Å². The van der Waals surface area contributed by atoms with Crippen molar-refractivity contribution in [1.29, 1.82) is 0 Å². The van der Waals surface area contributed by atoms with Gasteiger partial charge in [-0.25, -0.2) is 9.59 Å². The molecule has 0 aromatic carbocycles. The highest BCUT2D eigenvalue weighted by molar-refractivity contribution is 6.18. The maximum Gasteiger partial charge on any atom is 0.335 e. The van der Waals surface area contributed by atoms with E-state index in [1.54, 1.807) is 0 Å². The molecule has 0 aromatic rings. The summed E-state index contributed by atoms with van der Waals surface area (Å²) >= 11 is 5.86. The topological polar surface area (TPSA) is 522 Å². The predicted octanol–water partition coefficient (Wildman–Crippen LogP) is -4.38. The average molecular weight is 1240 g/mol. The zero-order valence-corrected chi connectivity index (χ0v) is 49.3. The first-order valence-electron chi connectivity index (χ1n) is 28.7. The molecule has 1 aliphatic heterocycles. The van der Waals surface area contributed by atoms with Gasteiger partial charge < -0.3 is 100 Å². The minimum atomic E-state index is -2.83. The Morgan fingerprint density at radius 3 is 1.60 bits per heavy atom. The summed E-state index contributed by atoms with van der Waals surface area (Å²) in [6.45, 7) is 2.65. The first-order valence-corrected chi connectivity index (χ1v) is 29.2. The van der Waals surface area contributed by atoms with E-state index < -0.39 is 181 Å². The third-order valence-electron chi connectivity index (χ3n) is 13.5. The third-order valence-corrected chi connectivity index (χ3v) is 13.8. The normalized spacial score (nSPS) is 24.2. The van der Waals surface area contributed by atoms with E-state index in [1.807, 2.05) is 10.6 Å². The number of hydrogen-bond acceptors (Lipinski definition) is 20. The highest BCUT2D eigenvalue weighted by atomic mass is 35.5. The van der Waals surface area contributed by atoms with Gasteiger partial charge in [-0.15, -0.1) is 11.6 Å². The number of carbonyl (C=O) groups excluding carboxylic acids is 10. The smallest absolute Gasteiger partial charge is 0.335 e. The monoisotopic (exact) mass is 1230 g/mol. The van der Waals surface area contributed by atoms with Gasteiger partial charge in [0.15, 0.2) is 12.1 Å². The fourth-order valence-electron chi connectivity index (χ4n) is 8.58. The molecule has 1 heterocycles. The second-order valence-electron chi connectivity index (χ2n) is 20.6. The summed E-state index contributed by atoms with van der Waals surface area (Å²) in [5.41, 5.74) is 16.4. The van der Waals surface area contributed by atoms with Crippen LogP contribution in [0.4, 0.5) is 0 Å². The lowest BCUT2D eigenvalue weighted by Crippen LogP contribution is -2.62. The van der Waals surface area contributed by atoms with Crippen molar-refractivity contribution in [2.24, 2.45) is 17.2 Å². The summed E-state index contributed by atoms with van der Waals surface area (Å²) in [5.74, 6) is -17.8. The number of cyclic esters (lactones) is 1. The van der Waals surface area contributed by atoms with E-state index in [4.69, 9.17) is 33.5 Å². The number of nitrogens with one attached hydrogen (secondary N) is 9. The molecule has 85 heavy (non-hydrogen) atoms. The number of amides is 9. The van der Waals surface area contributed by atoms with Crippen LogP contribution in [0.15, 0.2) is 11.8 Å². The number of hydrogen-bond donors (Lipinski definition) is 18. The number of carboxylic acid groups (broad SMARTS) is 2. The molecule has 0 aliphatic carbocycles. The Balaban J connectivity index is 3.95. The van der Waals surface area contributed by atoms with Gasteiger partial charge in [-0.2, -0.15) is 0 Å². The molecule has 0 spiro atoms. The summed E-state index contributed by atoms with van der Waals surface area (Å²) in [6.07, 6.45) is 2.18. The van der Waals surface area contributed by atoms with Gasteiger partial charge in [0.1, 0.15) is 54.6 Å². The number of carboxylic acids is 2. The molecule has 0 bridgehead atoms. The number of unbranched alkanes of at least 4 members (excludes halogenated alkanes) is 11. The molecule has 0 radical (unpaired) electrons. The van der Waals surface area contributed by atoms with Crippen LogP contribution in [0.3, 0.4) is 0 Å². The molecular weight excluding hydrogens is 1140 g/mol. The van der Waals surface area contributed by atoms with E-state index in [2.05, 4.69) is 44.1 Å². The van der Waals surface area contributed by atoms with Gasteiger partial charge in [0, 0.05) is 0 Å². The Kier molecular flexibility index (Phi) is 38.0. The van der Waals surface area contributed by atoms with Crippen LogP contribution in [-0.2, 0) is 62.3 Å². The zero-order chi connectivity index (χ0) is 64.2. The molecule has 1 aliphatic rings. The zero-order valence-electron chi connectivity index (χ0n) is 48.6. The molecule has 484 valence electrons. The number of allylic oxidation sites excluding steroid dienone is 1. The number of aliphatic hydroxyl groups excluding tert-OH is 4. The number of ether oxygens (including phenoxy) is 1. The number of carbonyl (C=O) groups is 12. The molecular formula is C53H91ClN12O19. The SMILES string of the molecule is C/C=C1\NC(=O)[C@H]([C@H](C)O)NC(=O)[C@H](CCN)NC(=O)[C@H](CCCCN)NC(=O)[C@H](CC(=O)O)NC(=O)[C@@H](CCN)NC(=O)[C@@H](NC(=O)C[C@H](O)CCCCCCCCCCCCC)COC(=O)[C@H]([C@H](O)CCl)NC(=O)[C@H]([C@H](O)C(=O)O)NC1=O. The van der Waals surface area contributed by atoms with Crippen molar-refractivity contribution < 1.29 is 92.9 Å². The van der Waals surface area contributed by atoms with Gasteiger partial charge in [0.25, 0.3) is 5.91 Å². The van der Waals surface area contributed by atoms with Crippen LogP contribution in [0, 0.1) is 0 Å². The molecule has 0 unspecified atom stereocenters. The first-order chi connectivity index (χ1) is 40.3. The number of nitrogens with two attached hydrogens (primary N) is 3. The Morgan fingerprint density at radius 1 is 0.612 bits per heavy atom.